The van der Waals surface area contributed by atoms with Gasteiger partial charge in [-0.3, -0.25) is 0 Å². The largest absolute Gasteiger partial charge is 0.373 e. The van der Waals surface area contributed by atoms with Gasteiger partial charge in [-0.15, -0.1) is 0 Å². The Hall–Kier alpha value is -0.260. The van der Waals surface area contributed by atoms with Gasteiger partial charge in [-0.25, -0.2) is 4.98 Å². The number of hydrogen-bond donors (Lipinski definition) is 1. The normalized spacial score (nSPS) is 14.0. The molecular weight excluding hydrogens is 312 g/mol. The first-order chi connectivity index (χ1) is 8.18. The molecule has 3 nitrogen and oxygen atoms in total. The molecule has 0 saturated carbocycles. The second kappa shape index (κ2) is 5.80. The molecule has 1 unspecified atom stereocenters. The Balaban J connectivity index is 3.42. The molecule has 0 radical (unpaired) electrons. The topological polar surface area (TPSA) is 37.9 Å². The van der Waals surface area contributed by atoms with Crippen LogP contribution in [0.5, 0.6) is 0 Å². The van der Waals surface area contributed by atoms with Crippen LogP contribution in [-0.2, 0) is 10.2 Å². The van der Waals surface area contributed by atoms with Gasteiger partial charge in [-0.1, -0.05) is 46.8 Å². The zero-order valence-corrected chi connectivity index (χ0v) is 14.2. The summed E-state index contributed by atoms with van der Waals surface area (Å²) in [6.45, 7) is 10.6. The number of nitrogens with one attached hydrogen (secondary N) is 1. The third-order valence-corrected chi connectivity index (χ3v) is 4.09. The van der Waals surface area contributed by atoms with Gasteiger partial charge in [0.05, 0.1) is 4.47 Å². The van der Waals surface area contributed by atoms with Crippen LogP contribution in [0.1, 0.15) is 52.2 Å². The number of hydrogen-bond acceptors (Lipinski definition) is 3. The van der Waals surface area contributed by atoms with E-state index in [4.69, 9.17) is 17.0 Å². The van der Waals surface area contributed by atoms with Crippen LogP contribution in [0.15, 0.2) is 4.47 Å². The van der Waals surface area contributed by atoms with Crippen molar-refractivity contribution in [2.24, 2.45) is 5.92 Å². The van der Waals surface area contributed by atoms with Gasteiger partial charge in [0.2, 0.25) is 0 Å². The number of H-pyrrole nitrogens is 1. The second-order valence-electron chi connectivity index (χ2n) is 5.77. The Bertz CT molecular complexity index is 477. The lowest BCUT2D eigenvalue weighted by Gasteiger charge is -2.24. The highest BCUT2D eigenvalue weighted by molar-refractivity contribution is 9.10. The Labute approximate surface area is 122 Å². The van der Waals surface area contributed by atoms with E-state index in [1.165, 1.54) is 0 Å². The molecule has 0 aliphatic heterocycles. The van der Waals surface area contributed by atoms with Gasteiger partial charge in [-0.2, -0.15) is 0 Å². The highest BCUT2D eigenvalue weighted by Crippen LogP contribution is 2.31. The van der Waals surface area contributed by atoms with Crippen molar-refractivity contribution in [2.75, 3.05) is 7.11 Å². The van der Waals surface area contributed by atoms with Crippen molar-refractivity contribution in [1.82, 2.24) is 9.97 Å². The minimum absolute atomic E-state index is 0.0284. The van der Waals surface area contributed by atoms with Crippen LogP contribution in [0.3, 0.4) is 0 Å². The summed E-state index contributed by atoms with van der Waals surface area (Å²) in [5.41, 5.74) is 1.03. The van der Waals surface area contributed by atoms with Crippen LogP contribution in [-0.4, -0.2) is 17.1 Å². The van der Waals surface area contributed by atoms with E-state index in [1.807, 2.05) is 0 Å². The molecule has 1 N–H and O–H groups in total. The Morgan fingerprint density at radius 2 is 1.89 bits per heavy atom. The van der Waals surface area contributed by atoms with E-state index in [9.17, 15) is 0 Å². The van der Waals surface area contributed by atoms with E-state index < -0.39 is 0 Å². The van der Waals surface area contributed by atoms with E-state index in [0.29, 0.717) is 10.6 Å². The Morgan fingerprint density at radius 3 is 2.28 bits per heavy atom. The van der Waals surface area contributed by atoms with Crippen molar-refractivity contribution in [3.05, 3.63) is 20.6 Å². The standard InChI is InChI=1S/C13H21BrN2OS/c1-7(2)9(17-6)11-15-10(13(3,4)5)8(14)12(18)16-11/h7,9H,1-6H3,(H,15,16,18). The quantitative estimate of drug-likeness (QED) is 0.825. The first kappa shape index (κ1) is 15.8. The van der Waals surface area contributed by atoms with Crippen LogP contribution < -0.4 is 0 Å². The lowest BCUT2D eigenvalue weighted by Crippen LogP contribution is -2.20. The summed E-state index contributed by atoms with van der Waals surface area (Å²) in [6, 6.07) is 0. The number of methoxy groups -OCH3 is 1. The highest BCUT2D eigenvalue weighted by Gasteiger charge is 2.24. The molecular formula is C13H21BrN2OS. The molecule has 0 aliphatic rings. The van der Waals surface area contributed by atoms with Crippen molar-refractivity contribution in [2.45, 2.75) is 46.1 Å². The predicted molar refractivity (Wildman–Crippen MR) is 80.4 cm³/mol. The van der Waals surface area contributed by atoms with Gasteiger partial charge >= 0.3 is 0 Å². The highest BCUT2D eigenvalue weighted by atomic mass is 79.9. The van der Waals surface area contributed by atoms with E-state index in [-0.39, 0.29) is 11.5 Å². The lowest BCUT2D eigenvalue weighted by molar-refractivity contribution is 0.0569. The maximum Gasteiger partial charge on any atom is 0.144 e. The Kier molecular flexibility index (Phi) is 5.09. The molecule has 0 bridgehead atoms. The van der Waals surface area contributed by atoms with Crippen molar-refractivity contribution in [3.8, 4) is 0 Å². The van der Waals surface area contributed by atoms with E-state index in [2.05, 4.69) is 60.5 Å². The van der Waals surface area contributed by atoms with Crippen LogP contribution in [0.25, 0.3) is 0 Å². The molecule has 1 aromatic rings. The molecule has 1 aromatic heterocycles. The van der Waals surface area contributed by atoms with Crippen molar-refractivity contribution < 1.29 is 4.74 Å². The third-order valence-electron chi connectivity index (χ3n) is 2.76. The molecule has 5 heteroatoms. The summed E-state index contributed by atoms with van der Waals surface area (Å²) in [5.74, 6) is 1.13. The fourth-order valence-electron chi connectivity index (χ4n) is 1.83. The molecule has 1 rings (SSSR count). The maximum absolute atomic E-state index is 5.50. The zero-order valence-electron chi connectivity index (χ0n) is 11.8. The molecule has 0 saturated heterocycles. The molecule has 0 amide bonds. The van der Waals surface area contributed by atoms with Gasteiger partial charge in [0.1, 0.15) is 16.6 Å². The first-order valence-corrected chi connectivity index (χ1v) is 7.21. The van der Waals surface area contributed by atoms with E-state index in [1.54, 1.807) is 7.11 Å². The van der Waals surface area contributed by atoms with Gasteiger partial charge < -0.3 is 9.72 Å². The minimum atomic E-state index is -0.0686. The first-order valence-electron chi connectivity index (χ1n) is 6.01. The van der Waals surface area contributed by atoms with Gasteiger partial charge in [0.25, 0.3) is 0 Å². The summed E-state index contributed by atoms with van der Waals surface area (Å²) in [5, 5.41) is 0. The smallest absolute Gasteiger partial charge is 0.144 e. The number of nitrogens with zero attached hydrogens (tertiary/aromatic N) is 1. The average molecular weight is 333 g/mol. The summed E-state index contributed by atoms with van der Waals surface area (Å²) in [6.07, 6.45) is -0.0686. The Morgan fingerprint density at radius 1 is 1.33 bits per heavy atom. The molecule has 18 heavy (non-hydrogen) atoms. The second-order valence-corrected chi connectivity index (χ2v) is 6.95. The number of ether oxygens (including phenoxy) is 1. The van der Waals surface area contributed by atoms with Crippen molar-refractivity contribution in [1.29, 1.82) is 0 Å². The van der Waals surface area contributed by atoms with Crippen LogP contribution in [0, 0.1) is 10.6 Å². The van der Waals surface area contributed by atoms with Crippen LogP contribution >= 0.6 is 28.1 Å². The van der Waals surface area contributed by atoms with Gasteiger partial charge in [0, 0.05) is 18.2 Å². The molecule has 0 spiro atoms. The molecule has 0 aliphatic carbocycles. The van der Waals surface area contributed by atoms with Crippen LogP contribution in [0.2, 0.25) is 0 Å². The summed E-state index contributed by atoms with van der Waals surface area (Å²) in [7, 11) is 1.70. The monoisotopic (exact) mass is 332 g/mol. The van der Waals surface area contributed by atoms with Gasteiger partial charge in [0.15, 0.2) is 0 Å². The molecule has 0 fully saturated rings. The van der Waals surface area contributed by atoms with E-state index >= 15 is 0 Å². The fourth-order valence-corrected chi connectivity index (χ4v) is 2.81. The predicted octanol–water partition coefficient (Wildman–Crippen LogP) is 4.54. The third kappa shape index (κ3) is 3.39. The minimum Gasteiger partial charge on any atom is -0.373 e. The number of aromatic amines is 1. The maximum atomic E-state index is 5.50. The summed E-state index contributed by atoms with van der Waals surface area (Å²) < 4.78 is 6.95. The van der Waals surface area contributed by atoms with Crippen LogP contribution in [0.4, 0.5) is 0 Å². The van der Waals surface area contributed by atoms with Gasteiger partial charge in [-0.05, 0) is 21.8 Å². The zero-order chi connectivity index (χ0) is 14.1. The average Bonchev–Trinajstić information content (AvgIpc) is 2.21. The number of rotatable bonds is 3. The number of halogens is 1. The van der Waals surface area contributed by atoms with Crippen molar-refractivity contribution >= 4 is 28.1 Å². The molecule has 1 atom stereocenters. The summed E-state index contributed by atoms with van der Waals surface area (Å²) >= 11 is 8.84. The van der Waals surface area contributed by atoms with Crippen molar-refractivity contribution in [3.63, 3.8) is 0 Å². The SMILES string of the molecule is COC(c1nc(=S)c(Br)c(C(C)(C)C)[nH]1)C(C)C. The molecule has 102 valence electrons. The lowest BCUT2D eigenvalue weighted by atomic mass is 9.92. The van der Waals surface area contributed by atoms with E-state index in [0.717, 1.165) is 16.0 Å². The molecule has 1 heterocycles. The number of aromatic nitrogens is 2. The summed E-state index contributed by atoms with van der Waals surface area (Å²) in [4.78, 5) is 7.80. The molecule has 0 aromatic carbocycles. The fraction of sp³-hybridized carbons (Fsp3) is 0.692.